The SMILES string of the molecule is Cc1cc2cc(C)c(NCCNC(=O)COc3ccccc3)nc2cc1C. The molecule has 0 saturated carbocycles. The standard InChI is InChI=1S/C22H25N3O2/c1-15-11-18-12-17(3)22(25-20(18)13-16(15)2)24-10-9-23-21(26)14-27-19-7-5-4-6-8-19/h4-8,11-13H,9-10,14H2,1-3H3,(H,23,26)(H,24,25). The van der Waals surface area contributed by atoms with Crippen molar-refractivity contribution in [2.75, 3.05) is 25.0 Å². The van der Waals surface area contributed by atoms with Crippen LogP contribution in [0.1, 0.15) is 16.7 Å². The highest BCUT2D eigenvalue weighted by molar-refractivity contribution is 5.83. The Labute approximate surface area is 159 Å². The Morgan fingerprint density at radius 3 is 2.44 bits per heavy atom. The number of nitrogens with zero attached hydrogens (tertiary/aromatic N) is 1. The van der Waals surface area contributed by atoms with Gasteiger partial charge in [-0.25, -0.2) is 4.98 Å². The van der Waals surface area contributed by atoms with Crippen LogP contribution in [0, 0.1) is 20.8 Å². The molecule has 3 aromatic rings. The van der Waals surface area contributed by atoms with Crippen LogP contribution in [0.15, 0.2) is 48.5 Å². The lowest BCUT2D eigenvalue weighted by atomic mass is 10.1. The average Bonchev–Trinajstić information content (AvgIpc) is 2.66. The van der Waals surface area contributed by atoms with Crippen LogP contribution in [0.2, 0.25) is 0 Å². The third-order valence-electron chi connectivity index (χ3n) is 4.47. The van der Waals surface area contributed by atoms with Gasteiger partial charge in [0.15, 0.2) is 6.61 Å². The van der Waals surface area contributed by atoms with E-state index < -0.39 is 0 Å². The van der Waals surface area contributed by atoms with Crippen molar-refractivity contribution in [2.24, 2.45) is 0 Å². The first-order chi connectivity index (χ1) is 13.0. The molecule has 0 radical (unpaired) electrons. The number of amides is 1. The van der Waals surface area contributed by atoms with Gasteiger partial charge >= 0.3 is 0 Å². The summed E-state index contributed by atoms with van der Waals surface area (Å²) in [5.74, 6) is 1.39. The van der Waals surface area contributed by atoms with E-state index in [9.17, 15) is 4.79 Å². The van der Waals surface area contributed by atoms with Crippen molar-refractivity contribution in [2.45, 2.75) is 20.8 Å². The molecule has 3 rings (SSSR count). The summed E-state index contributed by atoms with van der Waals surface area (Å²) in [5.41, 5.74) is 4.57. The predicted octanol–water partition coefficient (Wildman–Crippen LogP) is 3.77. The molecule has 0 aliphatic rings. The fourth-order valence-electron chi connectivity index (χ4n) is 2.82. The Balaban J connectivity index is 1.49. The van der Waals surface area contributed by atoms with E-state index in [1.54, 1.807) is 0 Å². The molecule has 27 heavy (non-hydrogen) atoms. The maximum Gasteiger partial charge on any atom is 0.258 e. The number of aromatic nitrogens is 1. The highest BCUT2D eigenvalue weighted by atomic mass is 16.5. The van der Waals surface area contributed by atoms with Crippen molar-refractivity contribution in [3.05, 3.63) is 65.2 Å². The van der Waals surface area contributed by atoms with E-state index in [4.69, 9.17) is 9.72 Å². The van der Waals surface area contributed by atoms with Gasteiger partial charge in [-0.05, 0) is 67.8 Å². The molecule has 0 unspecified atom stereocenters. The van der Waals surface area contributed by atoms with Gasteiger partial charge in [0.1, 0.15) is 11.6 Å². The van der Waals surface area contributed by atoms with E-state index in [0.29, 0.717) is 18.8 Å². The van der Waals surface area contributed by atoms with E-state index >= 15 is 0 Å². The van der Waals surface area contributed by atoms with Crippen LogP contribution in [-0.4, -0.2) is 30.6 Å². The number of pyridine rings is 1. The summed E-state index contributed by atoms with van der Waals surface area (Å²) in [6.45, 7) is 7.35. The summed E-state index contributed by atoms with van der Waals surface area (Å²) < 4.78 is 5.43. The number of aryl methyl sites for hydroxylation is 3. The second kappa shape index (κ2) is 8.54. The van der Waals surface area contributed by atoms with Gasteiger partial charge in [0, 0.05) is 18.5 Å². The van der Waals surface area contributed by atoms with Crippen molar-refractivity contribution in [1.29, 1.82) is 0 Å². The molecule has 5 nitrogen and oxygen atoms in total. The quantitative estimate of drug-likeness (QED) is 0.627. The van der Waals surface area contributed by atoms with Gasteiger partial charge < -0.3 is 15.4 Å². The van der Waals surface area contributed by atoms with Crippen molar-refractivity contribution in [1.82, 2.24) is 10.3 Å². The Bertz CT molecular complexity index is 939. The Kier molecular flexibility index (Phi) is 5.91. The molecule has 0 spiro atoms. The summed E-state index contributed by atoms with van der Waals surface area (Å²) in [6, 6.07) is 15.7. The highest BCUT2D eigenvalue weighted by Gasteiger charge is 2.06. The van der Waals surface area contributed by atoms with Gasteiger partial charge in [0.05, 0.1) is 5.52 Å². The van der Waals surface area contributed by atoms with Gasteiger partial charge in [-0.3, -0.25) is 4.79 Å². The molecule has 1 aromatic heterocycles. The number of nitrogens with one attached hydrogen (secondary N) is 2. The molecular formula is C22H25N3O2. The molecule has 2 aromatic carbocycles. The van der Waals surface area contributed by atoms with Gasteiger partial charge in [-0.2, -0.15) is 0 Å². The van der Waals surface area contributed by atoms with Gasteiger partial charge in [0.25, 0.3) is 5.91 Å². The van der Waals surface area contributed by atoms with Crippen molar-refractivity contribution in [3.8, 4) is 5.75 Å². The number of fused-ring (bicyclic) bond motifs is 1. The first-order valence-electron chi connectivity index (χ1n) is 9.10. The maximum absolute atomic E-state index is 11.9. The molecule has 0 aliphatic heterocycles. The first-order valence-corrected chi connectivity index (χ1v) is 9.10. The molecule has 0 fully saturated rings. The molecule has 2 N–H and O–H groups in total. The minimum absolute atomic E-state index is 0.00982. The van der Waals surface area contributed by atoms with Crippen molar-refractivity contribution < 1.29 is 9.53 Å². The van der Waals surface area contributed by atoms with Gasteiger partial charge in [-0.1, -0.05) is 18.2 Å². The zero-order chi connectivity index (χ0) is 19.2. The van der Waals surface area contributed by atoms with E-state index in [0.717, 1.165) is 22.3 Å². The number of hydrogen-bond acceptors (Lipinski definition) is 4. The van der Waals surface area contributed by atoms with E-state index in [1.807, 2.05) is 37.3 Å². The average molecular weight is 363 g/mol. The molecule has 0 atom stereocenters. The van der Waals surface area contributed by atoms with E-state index in [2.05, 4.69) is 42.7 Å². The van der Waals surface area contributed by atoms with E-state index in [1.165, 1.54) is 11.1 Å². The summed E-state index contributed by atoms with van der Waals surface area (Å²) in [5, 5.41) is 7.29. The number of rotatable bonds is 7. The predicted molar refractivity (Wildman–Crippen MR) is 109 cm³/mol. The van der Waals surface area contributed by atoms with Crippen molar-refractivity contribution in [3.63, 3.8) is 0 Å². The van der Waals surface area contributed by atoms with Crippen LogP contribution in [0.4, 0.5) is 5.82 Å². The first kappa shape index (κ1) is 18.7. The Morgan fingerprint density at radius 1 is 0.963 bits per heavy atom. The molecular weight excluding hydrogens is 338 g/mol. The minimum Gasteiger partial charge on any atom is -0.484 e. The second-order valence-corrected chi connectivity index (χ2v) is 6.66. The number of carbonyl (C=O) groups is 1. The van der Waals surface area contributed by atoms with Crippen LogP contribution >= 0.6 is 0 Å². The monoisotopic (exact) mass is 363 g/mol. The maximum atomic E-state index is 11.9. The van der Waals surface area contributed by atoms with Crippen LogP contribution in [0.5, 0.6) is 5.75 Å². The van der Waals surface area contributed by atoms with Gasteiger partial charge in [0.2, 0.25) is 0 Å². The zero-order valence-electron chi connectivity index (χ0n) is 16.0. The number of benzene rings is 2. The molecule has 0 aliphatic carbocycles. The third kappa shape index (κ3) is 4.97. The Hall–Kier alpha value is -3.08. The lowest BCUT2D eigenvalue weighted by Gasteiger charge is -2.12. The van der Waals surface area contributed by atoms with Crippen LogP contribution in [0.25, 0.3) is 10.9 Å². The number of carbonyl (C=O) groups excluding carboxylic acids is 1. The highest BCUT2D eigenvalue weighted by Crippen LogP contribution is 2.22. The van der Waals surface area contributed by atoms with Crippen LogP contribution in [0.3, 0.4) is 0 Å². The lowest BCUT2D eigenvalue weighted by molar-refractivity contribution is -0.123. The van der Waals surface area contributed by atoms with Crippen LogP contribution in [-0.2, 0) is 4.79 Å². The number of para-hydroxylation sites is 1. The normalized spacial score (nSPS) is 10.6. The third-order valence-corrected chi connectivity index (χ3v) is 4.47. The Morgan fingerprint density at radius 2 is 1.67 bits per heavy atom. The molecule has 5 heteroatoms. The molecule has 1 amide bonds. The molecule has 140 valence electrons. The second-order valence-electron chi connectivity index (χ2n) is 6.66. The fourth-order valence-corrected chi connectivity index (χ4v) is 2.82. The fraction of sp³-hybridized carbons (Fsp3) is 0.273. The number of ether oxygens (including phenoxy) is 1. The topological polar surface area (TPSA) is 63.2 Å². The number of hydrogen-bond donors (Lipinski definition) is 2. The minimum atomic E-state index is -0.144. The number of anilines is 1. The molecule has 0 bridgehead atoms. The summed E-state index contributed by atoms with van der Waals surface area (Å²) in [7, 11) is 0. The zero-order valence-corrected chi connectivity index (χ0v) is 16.0. The van der Waals surface area contributed by atoms with Gasteiger partial charge in [-0.15, -0.1) is 0 Å². The van der Waals surface area contributed by atoms with Crippen LogP contribution < -0.4 is 15.4 Å². The summed E-state index contributed by atoms with van der Waals surface area (Å²) >= 11 is 0. The van der Waals surface area contributed by atoms with Crippen molar-refractivity contribution >= 4 is 22.6 Å². The molecule has 1 heterocycles. The lowest BCUT2D eigenvalue weighted by Crippen LogP contribution is -2.32. The smallest absolute Gasteiger partial charge is 0.258 e. The largest absolute Gasteiger partial charge is 0.484 e. The summed E-state index contributed by atoms with van der Waals surface area (Å²) in [6.07, 6.45) is 0. The molecule has 0 saturated heterocycles. The van der Waals surface area contributed by atoms with E-state index in [-0.39, 0.29) is 12.5 Å². The summed E-state index contributed by atoms with van der Waals surface area (Å²) in [4.78, 5) is 16.6.